The fourth-order valence-corrected chi connectivity index (χ4v) is 5.09. The first-order chi connectivity index (χ1) is 13.6. The molecule has 4 rings (SSSR count). The lowest BCUT2D eigenvalue weighted by Crippen LogP contribution is -2.39. The predicted octanol–water partition coefficient (Wildman–Crippen LogP) is 5.41. The van der Waals surface area contributed by atoms with Gasteiger partial charge < -0.3 is 9.47 Å². The molecule has 0 bridgehead atoms. The second kappa shape index (κ2) is 8.48. The average Bonchev–Trinajstić information content (AvgIpc) is 3.35. The molecule has 1 aliphatic rings. The van der Waals surface area contributed by atoms with Crippen molar-refractivity contribution in [2.75, 3.05) is 13.1 Å². The van der Waals surface area contributed by atoms with E-state index in [4.69, 9.17) is 4.98 Å². The van der Waals surface area contributed by atoms with Crippen LogP contribution in [0.2, 0.25) is 0 Å². The molecule has 1 aliphatic heterocycles. The Morgan fingerprint density at radius 1 is 1.25 bits per heavy atom. The molecule has 1 amide bonds. The summed E-state index contributed by atoms with van der Waals surface area (Å²) in [5.41, 5.74) is 2.26. The maximum Gasteiger partial charge on any atom is 0.222 e. The number of amides is 1. The number of hydrogen-bond acceptors (Lipinski definition) is 3. The molecule has 0 aliphatic carbocycles. The molecule has 4 nitrogen and oxygen atoms in total. The Morgan fingerprint density at radius 3 is 2.89 bits per heavy atom. The fourth-order valence-electron chi connectivity index (χ4n) is 4.34. The predicted molar refractivity (Wildman–Crippen MR) is 116 cm³/mol. The first kappa shape index (κ1) is 19.2. The van der Waals surface area contributed by atoms with Crippen molar-refractivity contribution in [1.82, 2.24) is 14.5 Å². The zero-order chi connectivity index (χ0) is 19.5. The number of thiophene rings is 1. The second-order valence-electron chi connectivity index (χ2n) is 8.03. The summed E-state index contributed by atoms with van der Waals surface area (Å²) >= 11 is 1.78. The number of carbonyl (C=O) groups excluding carboxylic acids is 1. The van der Waals surface area contributed by atoms with Crippen LogP contribution in [0.3, 0.4) is 0 Å². The number of aromatic nitrogens is 2. The molecular weight excluding hydrogens is 366 g/mol. The van der Waals surface area contributed by atoms with E-state index >= 15 is 0 Å². The summed E-state index contributed by atoms with van der Waals surface area (Å²) in [4.78, 5) is 21.2. The molecule has 1 aromatic carbocycles. The molecule has 1 fully saturated rings. The molecule has 3 aromatic rings. The van der Waals surface area contributed by atoms with Crippen molar-refractivity contribution in [2.24, 2.45) is 0 Å². The van der Waals surface area contributed by atoms with Crippen molar-refractivity contribution >= 4 is 28.3 Å². The van der Waals surface area contributed by atoms with Crippen molar-refractivity contribution in [1.29, 1.82) is 0 Å². The number of hydrogen-bond donors (Lipinski definition) is 0. The van der Waals surface area contributed by atoms with Gasteiger partial charge in [-0.1, -0.05) is 18.2 Å². The number of carbonyl (C=O) groups is 1. The number of likely N-dealkylation sites (tertiary alicyclic amines) is 1. The van der Waals surface area contributed by atoms with Crippen LogP contribution >= 0.6 is 11.3 Å². The van der Waals surface area contributed by atoms with Crippen molar-refractivity contribution in [3.8, 4) is 0 Å². The number of nitrogens with zero attached hydrogens (tertiary/aromatic N) is 3. The van der Waals surface area contributed by atoms with Crippen LogP contribution in [0.1, 0.15) is 62.2 Å². The highest BCUT2D eigenvalue weighted by Gasteiger charge is 2.28. The van der Waals surface area contributed by atoms with Crippen LogP contribution in [0, 0.1) is 0 Å². The Morgan fingerprint density at radius 2 is 2.11 bits per heavy atom. The van der Waals surface area contributed by atoms with Crippen molar-refractivity contribution in [3.05, 3.63) is 52.5 Å². The third-order valence-corrected chi connectivity index (χ3v) is 6.61. The SMILES string of the molecule is CC(C)n1c(C2CCCN(C(=O)CCCc3cccs3)C2)nc2ccccc21. The Bertz CT molecular complexity index is 929. The number of fused-ring (bicyclic) bond motifs is 1. The molecule has 3 heterocycles. The van der Waals surface area contributed by atoms with Gasteiger partial charge in [-0.25, -0.2) is 4.98 Å². The highest BCUT2D eigenvalue weighted by atomic mass is 32.1. The Hall–Kier alpha value is -2.14. The lowest BCUT2D eigenvalue weighted by atomic mass is 9.96. The normalized spacial score (nSPS) is 17.5. The van der Waals surface area contributed by atoms with Gasteiger partial charge in [-0.3, -0.25) is 4.79 Å². The maximum atomic E-state index is 12.8. The van der Waals surface area contributed by atoms with Crippen LogP contribution in [0.15, 0.2) is 41.8 Å². The molecule has 0 saturated carbocycles. The highest BCUT2D eigenvalue weighted by molar-refractivity contribution is 7.09. The fraction of sp³-hybridized carbons (Fsp3) is 0.478. The molecule has 1 saturated heterocycles. The summed E-state index contributed by atoms with van der Waals surface area (Å²) < 4.78 is 2.37. The summed E-state index contributed by atoms with van der Waals surface area (Å²) in [6, 6.07) is 13.0. The third kappa shape index (κ3) is 4.00. The van der Waals surface area contributed by atoms with E-state index < -0.39 is 0 Å². The van der Waals surface area contributed by atoms with E-state index in [9.17, 15) is 4.79 Å². The van der Waals surface area contributed by atoms with Gasteiger partial charge in [0.1, 0.15) is 5.82 Å². The molecule has 5 heteroatoms. The average molecular weight is 396 g/mol. The van der Waals surface area contributed by atoms with E-state index in [2.05, 4.69) is 59.0 Å². The van der Waals surface area contributed by atoms with Crippen molar-refractivity contribution in [2.45, 2.75) is 57.9 Å². The van der Waals surface area contributed by atoms with Gasteiger partial charge >= 0.3 is 0 Å². The summed E-state index contributed by atoms with van der Waals surface area (Å²) in [5, 5.41) is 2.10. The van der Waals surface area contributed by atoms with Gasteiger partial charge in [0, 0.05) is 36.3 Å². The maximum absolute atomic E-state index is 12.8. The molecule has 0 N–H and O–H groups in total. The highest BCUT2D eigenvalue weighted by Crippen LogP contribution is 2.31. The minimum atomic E-state index is 0.300. The smallest absolute Gasteiger partial charge is 0.222 e. The zero-order valence-electron chi connectivity index (χ0n) is 16.8. The quantitative estimate of drug-likeness (QED) is 0.560. The van der Waals surface area contributed by atoms with Crippen LogP contribution in [-0.4, -0.2) is 33.4 Å². The van der Waals surface area contributed by atoms with Gasteiger partial charge in [-0.2, -0.15) is 0 Å². The molecule has 1 unspecified atom stereocenters. The van der Waals surface area contributed by atoms with Crippen molar-refractivity contribution < 1.29 is 4.79 Å². The van der Waals surface area contributed by atoms with Gasteiger partial charge in [0.2, 0.25) is 5.91 Å². The first-order valence-corrected chi connectivity index (χ1v) is 11.3. The van der Waals surface area contributed by atoms with Gasteiger partial charge in [0.05, 0.1) is 11.0 Å². The number of para-hydroxylation sites is 2. The molecule has 28 heavy (non-hydrogen) atoms. The number of rotatable bonds is 6. The van der Waals surface area contributed by atoms with Crippen LogP contribution in [0.5, 0.6) is 0 Å². The Labute approximate surface area is 171 Å². The number of aryl methyl sites for hydroxylation is 1. The molecule has 0 radical (unpaired) electrons. The van der Waals surface area contributed by atoms with E-state index in [0.717, 1.165) is 50.1 Å². The summed E-state index contributed by atoms with van der Waals surface area (Å²) in [6.07, 6.45) is 4.75. The van der Waals surface area contributed by atoms with Gasteiger partial charge in [0.25, 0.3) is 0 Å². The molecular formula is C23H29N3OS. The Kier molecular flexibility index (Phi) is 5.81. The minimum absolute atomic E-state index is 0.300. The standard InChI is InChI=1S/C23H29N3OS/c1-17(2)26-21-12-4-3-11-20(21)24-23(26)18-8-6-14-25(16-18)22(27)13-5-9-19-10-7-15-28-19/h3-4,7,10-12,15,17-18H,5-6,8-9,13-14,16H2,1-2H3. The van der Waals surface area contributed by atoms with Crippen LogP contribution in [-0.2, 0) is 11.2 Å². The van der Waals surface area contributed by atoms with E-state index in [-0.39, 0.29) is 0 Å². The molecule has 148 valence electrons. The Balaban J connectivity index is 1.45. The summed E-state index contributed by atoms with van der Waals surface area (Å²) in [7, 11) is 0. The zero-order valence-corrected chi connectivity index (χ0v) is 17.6. The number of piperidine rings is 1. The number of benzene rings is 1. The van der Waals surface area contributed by atoms with Gasteiger partial charge in [-0.15, -0.1) is 11.3 Å². The lowest BCUT2D eigenvalue weighted by Gasteiger charge is -2.33. The van der Waals surface area contributed by atoms with Crippen LogP contribution in [0.4, 0.5) is 0 Å². The molecule has 2 aromatic heterocycles. The van der Waals surface area contributed by atoms with E-state index in [1.54, 1.807) is 11.3 Å². The monoisotopic (exact) mass is 395 g/mol. The van der Waals surface area contributed by atoms with E-state index in [1.807, 2.05) is 6.07 Å². The van der Waals surface area contributed by atoms with Crippen molar-refractivity contribution in [3.63, 3.8) is 0 Å². The first-order valence-electron chi connectivity index (χ1n) is 10.4. The lowest BCUT2D eigenvalue weighted by molar-refractivity contribution is -0.132. The third-order valence-electron chi connectivity index (χ3n) is 5.67. The number of imidazole rings is 1. The van der Waals surface area contributed by atoms with Gasteiger partial charge in [0.15, 0.2) is 0 Å². The molecule has 0 spiro atoms. The minimum Gasteiger partial charge on any atom is -0.342 e. The van der Waals surface area contributed by atoms with Gasteiger partial charge in [-0.05, 0) is 63.1 Å². The largest absolute Gasteiger partial charge is 0.342 e. The van der Waals surface area contributed by atoms with Crippen LogP contribution < -0.4 is 0 Å². The molecule has 1 atom stereocenters. The van der Waals surface area contributed by atoms with E-state index in [0.29, 0.717) is 24.3 Å². The topological polar surface area (TPSA) is 38.1 Å². The van der Waals surface area contributed by atoms with Crippen LogP contribution in [0.25, 0.3) is 11.0 Å². The second-order valence-corrected chi connectivity index (χ2v) is 9.07. The van der Waals surface area contributed by atoms with E-state index in [1.165, 1.54) is 10.4 Å². The summed E-state index contributed by atoms with van der Waals surface area (Å²) in [5.74, 6) is 1.77. The summed E-state index contributed by atoms with van der Waals surface area (Å²) in [6.45, 7) is 6.12.